The van der Waals surface area contributed by atoms with E-state index in [0.717, 1.165) is 3.57 Å². The van der Waals surface area contributed by atoms with Gasteiger partial charge in [-0.25, -0.2) is 0 Å². The average molecular weight is 388 g/mol. The van der Waals surface area contributed by atoms with Gasteiger partial charge in [-0.15, -0.1) is 0 Å². The molecule has 0 heterocycles. The Kier molecular flexibility index (Phi) is 4.79. The highest BCUT2D eigenvalue weighted by atomic mass is 127. The van der Waals surface area contributed by atoms with E-state index in [0.29, 0.717) is 21.8 Å². The lowest BCUT2D eigenvalue weighted by Crippen LogP contribution is -2.14. The summed E-state index contributed by atoms with van der Waals surface area (Å²) in [6, 6.07) is 12.3. The summed E-state index contributed by atoms with van der Waals surface area (Å²) in [5, 5.41) is 12.5. The minimum Gasteiger partial charge on any atom is -0.392 e. The number of aliphatic hydroxyl groups excluding tert-OH is 1. The molecule has 0 aliphatic heterocycles. The van der Waals surface area contributed by atoms with E-state index in [-0.39, 0.29) is 12.5 Å². The minimum absolute atomic E-state index is 0.122. The molecular formula is C14H11ClINO2. The molecule has 0 spiro atoms. The van der Waals surface area contributed by atoms with Crippen LogP contribution in [0.4, 0.5) is 5.69 Å². The first-order valence-corrected chi connectivity index (χ1v) is 7.02. The zero-order valence-corrected chi connectivity index (χ0v) is 12.8. The number of rotatable bonds is 3. The summed E-state index contributed by atoms with van der Waals surface area (Å²) in [7, 11) is 0. The molecule has 98 valence electrons. The molecule has 0 atom stereocenters. The van der Waals surface area contributed by atoms with Gasteiger partial charge in [0, 0.05) is 19.8 Å². The lowest BCUT2D eigenvalue weighted by molar-refractivity contribution is 0.102. The number of aliphatic hydroxyl groups is 1. The van der Waals surface area contributed by atoms with Crippen LogP contribution in [0.25, 0.3) is 0 Å². The Balaban J connectivity index is 2.28. The number of amides is 1. The maximum absolute atomic E-state index is 12.2. The molecule has 1 amide bonds. The molecule has 0 saturated carbocycles. The number of carbonyl (C=O) groups is 1. The van der Waals surface area contributed by atoms with Gasteiger partial charge in [0.1, 0.15) is 0 Å². The maximum Gasteiger partial charge on any atom is 0.256 e. The van der Waals surface area contributed by atoms with E-state index < -0.39 is 0 Å². The van der Waals surface area contributed by atoms with Gasteiger partial charge in [-0.2, -0.15) is 0 Å². The van der Waals surface area contributed by atoms with Crippen molar-refractivity contribution in [3.63, 3.8) is 0 Å². The predicted molar refractivity (Wildman–Crippen MR) is 84.5 cm³/mol. The van der Waals surface area contributed by atoms with Gasteiger partial charge in [-0.1, -0.05) is 29.8 Å². The zero-order valence-electron chi connectivity index (χ0n) is 9.86. The van der Waals surface area contributed by atoms with Crippen molar-refractivity contribution in [2.75, 3.05) is 5.32 Å². The van der Waals surface area contributed by atoms with Crippen LogP contribution in [0.3, 0.4) is 0 Å². The molecule has 0 aliphatic carbocycles. The fourth-order valence-electron chi connectivity index (χ4n) is 1.64. The molecule has 0 saturated heterocycles. The molecule has 2 rings (SSSR count). The van der Waals surface area contributed by atoms with Crippen LogP contribution in [-0.4, -0.2) is 11.0 Å². The van der Waals surface area contributed by atoms with E-state index in [4.69, 9.17) is 11.6 Å². The van der Waals surface area contributed by atoms with Crippen molar-refractivity contribution in [3.05, 3.63) is 62.2 Å². The van der Waals surface area contributed by atoms with Crippen LogP contribution in [0.2, 0.25) is 5.02 Å². The Morgan fingerprint density at radius 1 is 1.26 bits per heavy atom. The third kappa shape index (κ3) is 3.46. The van der Waals surface area contributed by atoms with Crippen molar-refractivity contribution < 1.29 is 9.90 Å². The molecule has 2 N–H and O–H groups in total. The first kappa shape index (κ1) is 14.3. The van der Waals surface area contributed by atoms with E-state index in [9.17, 15) is 9.90 Å². The molecule has 0 aliphatic rings. The molecule has 0 bridgehead atoms. The first-order valence-electron chi connectivity index (χ1n) is 5.57. The largest absolute Gasteiger partial charge is 0.392 e. The quantitative estimate of drug-likeness (QED) is 0.789. The second-order valence-corrected chi connectivity index (χ2v) is 5.49. The number of hydrogen-bond donors (Lipinski definition) is 2. The summed E-state index contributed by atoms with van der Waals surface area (Å²) in [6.07, 6.45) is 0. The van der Waals surface area contributed by atoms with Crippen molar-refractivity contribution in [2.45, 2.75) is 6.61 Å². The Labute approximate surface area is 129 Å². The number of carbonyl (C=O) groups excluding carboxylic acids is 1. The van der Waals surface area contributed by atoms with Crippen LogP contribution in [0.15, 0.2) is 42.5 Å². The van der Waals surface area contributed by atoms with Gasteiger partial charge in [-0.05, 0) is 46.9 Å². The Hall–Kier alpha value is -1.11. The third-order valence-corrected chi connectivity index (χ3v) is 3.78. The first-order chi connectivity index (χ1) is 9.11. The van der Waals surface area contributed by atoms with E-state index >= 15 is 0 Å². The second-order valence-electron chi connectivity index (χ2n) is 3.89. The highest BCUT2D eigenvalue weighted by molar-refractivity contribution is 14.1. The van der Waals surface area contributed by atoms with Gasteiger partial charge >= 0.3 is 0 Å². The molecule has 2 aromatic carbocycles. The Morgan fingerprint density at radius 3 is 2.74 bits per heavy atom. The van der Waals surface area contributed by atoms with Crippen molar-refractivity contribution in [2.24, 2.45) is 0 Å². The molecule has 0 aromatic heterocycles. The fourth-order valence-corrected chi connectivity index (χ4v) is 2.39. The standard InChI is InChI=1S/C14H11ClINO2/c15-10-5-6-12(16)11(7-10)14(19)17-13-4-2-1-3-9(13)8-18/h1-7,18H,8H2,(H,17,19). The molecule has 2 aromatic rings. The summed E-state index contributed by atoms with van der Waals surface area (Å²) >= 11 is 7.98. The number of anilines is 1. The predicted octanol–water partition coefficient (Wildman–Crippen LogP) is 3.69. The van der Waals surface area contributed by atoms with Crippen LogP contribution in [0, 0.1) is 3.57 Å². The Morgan fingerprint density at radius 2 is 2.00 bits per heavy atom. The summed E-state index contributed by atoms with van der Waals surface area (Å²) in [5.41, 5.74) is 1.79. The number of hydrogen-bond acceptors (Lipinski definition) is 2. The SMILES string of the molecule is O=C(Nc1ccccc1CO)c1cc(Cl)ccc1I. The number of para-hydroxylation sites is 1. The zero-order chi connectivity index (χ0) is 13.8. The lowest BCUT2D eigenvalue weighted by Gasteiger charge is -2.10. The van der Waals surface area contributed by atoms with Crippen LogP contribution < -0.4 is 5.32 Å². The van der Waals surface area contributed by atoms with E-state index in [2.05, 4.69) is 27.9 Å². The summed E-state index contributed by atoms with van der Waals surface area (Å²) in [6.45, 7) is -0.122. The normalized spacial score (nSPS) is 10.3. The highest BCUT2D eigenvalue weighted by Crippen LogP contribution is 2.21. The summed E-state index contributed by atoms with van der Waals surface area (Å²) in [4.78, 5) is 12.2. The van der Waals surface area contributed by atoms with E-state index in [1.807, 2.05) is 6.07 Å². The molecule has 0 unspecified atom stereocenters. The van der Waals surface area contributed by atoms with Crippen LogP contribution in [-0.2, 0) is 6.61 Å². The molecule has 0 radical (unpaired) electrons. The maximum atomic E-state index is 12.2. The average Bonchev–Trinajstić information content (AvgIpc) is 2.42. The van der Waals surface area contributed by atoms with Gasteiger partial charge in [0.05, 0.1) is 12.2 Å². The van der Waals surface area contributed by atoms with E-state index in [1.54, 1.807) is 36.4 Å². The highest BCUT2D eigenvalue weighted by Gasteiger charge is 2.12. The molecule has 3 nitrogen and oxygen atoms in total. The van der Waals surface area contributed by atoms with Crippen LogP contribution in [0.5, 0.6) is 0 Å². The second kappa shape index (κ2) is 6.36. The smallest absolute Gasteiger partial charge is 0.256 e. The van der Waals surface area contributed by atoms with Gasteiger partial charge in [0.2, 0.25) is 0 Å². The van der Waals surface area contributed by atoms with Gasteiger partial charge in [0.15, 0.2) is 0 Å². The van der Waals surface area contributed by atoms with Gasteiger partial charge in [0.25, 0.3) is 5.91 Å². The van der Waals surface area contributed by atoms with Gasteiger partial charge < -0.3 is 10.4 Å². The molecule has 5 heteroatoms. The third-order valence-electron chi connectivity index (χ3n) is 2.61. The fraction of sp³-hybridized carbons (Fsp3) is 0.0714. The number of nitrogens with one attached hydrogen (secondary N) is 1. The summed E-state index contributed by atoms with van der Waals surface area (Å²) < 4.78 is 0.820. The number of halogens is 2. The number of benzene rings is 2. The molecule has 0 fully saturated rings. The van der Waals surface area contributed by atoms with Crippen molar-refractivity contribution in [1.29, 1.82) is 0 Å². The minimum atomic E-state index is -0.243. The van der Waals surface area contributed by atoms with Crippen LogP contribution in [0.1, 0.15) is 15.9 Å². The van der Waals surface area contributed by atoms with Crippen LogP contribution >= 0.6 is 34.2 Å². The monoisotopic (exact) mass is 387 g/mol. The van der Waals surface area contributed by atoms with Crippen molar-refractivity contribution in [3.8, 4) is 0 Å². The topological polar surface area (TPSA) is 49.3 Å². The van der Waals surface area contributed by atoms with Crippen molar-refractivity contribution >= 4 is 45.8 Å². The summed E-state index contributed by atoms with van der Waals surface area (Å²) in [5.74, 6) is -0.243. The molecule has 19 heavy (non-hydrogen) atoms. The van der Waals surface area contributed by atoms with E-state index in [1.165, 1.54) is 0 Å². The Bertz CT molecular complexity index is 616. The molecular weight excluding hydrogens is 377 g/mol. The van der Waals surface area contributed by atoms with Crippen molar-refractivity contribution in [1.82, 2.24) is 0 Å². The van der Waals surface area contributed by atoms with Gasteiger partial charge in [-0.3, -0.25) is 4.79 Å². The lowest BCUT2D eigenvalue weighted by atomic mass is 10.1.